The number of imidazole rings is 1. The van der Waals surface area contributed by atoms with Crippen molar-refractivity contribution in [2.24, 2.45) is 7.05 Å². The van der Waals surface area contributed by atoms with E-state index in [1.807, 2.05) is 17.7 Å². The van der Waals surface area contributed by atoms with Gasteiger partial charge in [0.2, 0.25) is 15.9 Å². The first-order chi connectivity index (χ1) is 15.9. The molecule has 0 spiro atoms. The average molecular weight is 464 g/mol. The van der Waals surface area contributed by atoms with Crippen molar-refractivity contribution in [2.45, 2.75) is 23.8 Å². The maximum Gasteiger partial charge on any atom is 0.240 e. The van der Waals surface area contributed by atoms with E-state index in [2.05, 4.69) is 15.8 Å². The van der Waals surface area contributed by atoms with Crippen molar-refractivity contribution in [3.8, 4) is 17.6 Å². The second-order valence-electron chi connectivity index (χ2n) is 8.02. The number of nitrogens with zero attached hydrogens (tertiary/aromatic N) is 4. The summed E-state index contributed by atoms with van der Waals surface area (Å²) in [6, 6.07) is 13.0. The first kappa shape index (κ1) is 21.2. The fourth-order valence-electron chi connectivity index (χ4n) is 4.38. The van der Waals surface area contributed by atoms with Crippen LogP contribution in [0.15, 0.2) is 53.7 Å². The van der Waals surface area contributed by atoms with Crippen LogP contribution in [0.25, 0.3) is 0 Å². The van der Waals surface area contributed by atoms with E-state index in [9.17, 15) is 18.5 Å². The first-order valence-electron chi connectivity index (χ1n) is 10.5. The predicted octanol–water partition coefficient (Wildman–Crippen LogP) is 2.24. The van der Waals surface area contributed by atoms with Crippen LogP contribution in [0.2, 0.25) is 0 Å². The number of hydrogen-bond donors (Lipinski definition) is 1. The smallest absolute Gasteiger partial charge is 0.240 e. The zero-order chi connectivity index (χ0) is 23.2. The predicted molar refractivity (Wildman–Crippen MR) is 118 cm³/mol. The SMILES string of the molecule is Cn1cnc2c1C1c3ccc(C#N)c(c3)Oc3cccc(c3)S(=O)(=O)NCCC(=O)N1CC2. The summed E-state index contributed by atoms with van der Waals surface area (Å²) in [5.74, 6) is 0.407. The van der Waals surface area contributed by atoms with Crippen molar-refractivity contribution in [2.75, 3.05) is 13.1 Å². The molecule has 2 aromatic carbocycles. The second kappa shape index (κ2) is 8.03. The molecule has 10 heteroatoms. The van der Waals surface area contributed by atoms with Gasteiger partial charge in [0.25, 0.3) is 0 Å². The molecule has 0 saturated heterocycles. The van der Waals surface area contributed by atoms with Gasteiger partial charge in [-0.1, -0.05) is 12.1 Å². The van der Waals surface area contributed by atoms with Gasteiger partial charge in [0.15, 0.2) is 0 Å². The molecule has 0 radical (unpaired) electrons. The lowest BCUT2D eigenvalue weighted by molar-refractivity contribution is -0.133. The van der Waals surface area contributed by atoms with Crippen LogP contribution in [-0.2, 0) is 28.3 Å². The molecular weight excluding hydrogens is 442 g/mol. The summed E-state index contributed by atoms with van der Waals surface area (Å²) < 4.78 is 35.9. The lowest BCUT2D eigenvalue weighted by atomic mass is 9.94. The highest BCUT2D eigenvalue weighted by Crippen LogP contribution is 2.38. The van der Waals surface area contributed by atoms with Gasteiger partial charge in [-0.05, 0) is 29.8 Å². The Kier molecular flexibility index (Phi) is 5.15. The minimum atomic E-state index is -3.83. The Bertz CT molecular complexity index is 1410. The number of amides is 1. The van der Waals surface area contributed by atoms with Gasteiger partial charge in [0.05, 0.1) is 34.2 Å². The molecule has 1 aromatic heterocycles. The highest BCUT2D eigenvalue weighted by molar-refractivity contribution is 7.89. The van der Waals surface area contributed by atoms with Crippen molar-refractivity contribution < 1.29 is 17.9 Å². The molecule has 0 aliphatic carbocycles. The van der Waals surface area contributed by atoms with Crippen LogP contribution < -0.4 is 9.46 Å². The Balaban J connectivity index is 1.70. The van der Waals surface area contributed by atoms with Crippen molar-refractivity contribution >= 4 is 15.9 Å². The minimum Gasteiger partial charge on any atom is -0.456 e. The van der Waals surface area contributed by atoms with E-state index in [0.717, 1.165) is 17.0 Å². The van der Waals surface area contributed by atoms with Crippen LogP contribution in [0.1, 0.15) is 35.0 Å². The Morgan fingerprint density at radius 2 is 2.06 bits per heavy atom. The maximum atomic E-state index is 13.2. The molecule has 3 heterocycles. The number of carbonyl (C=O) groups is 1. The second-order valence-corrected chi connectivity index (χ2v) is 9.79. The molecule has 168 valence electrons. The van der Waals surface area contributed by atoms with E-state index in [1.165, 1.54) is 12.1 Å². The number of hydrogen-bond acceptors (Lipinski definition) is 6. The number of aromatic nitrogens is 2. The molecule has 2 aliphatic rings. The van der Waals surface area contributed by atoms with E-state index >= 15 is 0 Å². The van der Waals surface area contributed by atoms with Gasteiger partial charge in [0, 0.05) is 39.0 Å². The fraction of sp³-hybridized carbons (Fsp3) is 0.261. The monoisotopic (exact) mass is 463 g/mol. The summed E-state index contributed by atoms with van der Waals surface area (Å²) in [5.41, 5.74) is 2.89. The molecular formula is C23H21N5O4S. The van der Waals surface area contributed by atoms with Crippen molar-refractivity contribution in [1.82, 2.24) is 19.2 Å². The van der Waals surface area contributed by atoms with Crippen LogP contribution in [0.4, 0.5) is 0 Å². The van der Waals surface area contributed by atoms with Gasteiger partial charge in [-0.2, -0.15) is 5.26 Å². The Labute approximate surface area is 191 Å². The van der Waals surface area contributed by atoms with Crippen LogP contribution in [0.3, 0.4) is 0 Å². The Hall–Kier alpha value is -3.68. The van der Waals surface area contributed by atoms with Gasteiger partial charge in [0.1, 0.15) is 17.6 Å². The summed E-state index contributed by atoms with van der Waals surface area (Å²) in [4.78, 5) is 19.5. The molecule has 9 nitrogen and oxygen atoms in total. The Morgan fingerprint density at radius 1 is 1.21 bits per heavy atom. The molecule has 33 heavy (non-hydrogen) atoms. The molecule has 0 fully saturated rings. The number of sulfonamides is 1. The highest BCUT2D eigenvalue weighted by atomic mass is 32.2. The molecule has 3 aromatic rings. The number of aryl methyl sites for hydroxylation is 1. The molecule has 1 amide bonds. The third-order valence-electron chi connectivity index (χ3n) is 5.96. The summed E-state index contributed by atoms with van der Waals surface area (Å²) in [5, 5.41) is 9.62. The van der Waals surface area contributed by atoms with E-state index < -0.39 is 16.1 Å². The van der Waals surface area contributed by atoms with Crippen molar-refractivity contribution in [3.05, 3.63) is 71.3 Å². The van der Waals surface area contributed by atoms with E-state index in [4.69, 9.17) is 4.74 Å². The molecule has 2 aliphatic heterocycles. The average Bonchev–Trinajstić information content (AvgIpc) is 3.19. The molecule has 4 bridgehead atoms. The van der Waals surface area contributed by atoms with Crippen molar-refractivity contribution in [1.29, 1.82) is 5.26 Å². The number of ether oxygens (including phenoxy) is 1. The lowest BCUT2D eigenvalue weighted by Gasteiger charge is -2.36. The largest absolute Gasteiger partial charge is 0.456 e. The molecule has 1 N–H and O–H groups in total. The third-order valence-corrected chi connectivity index (χ3v) is 7.42. The number of rotatable bonds is 0. The first-order valence-corrected chi connectivity index (χ1v) is 12.0. The Morgan fingerprint density at radius 3 is 2.88 bits per heavy atom. The summed E-state index contributed by atoms with van der Waals surface area (Å²) >= 11 is 0. The normalized spacial score (nSPS) is 19.5. The molecule has 5 rings (SSSR count). The number of carbonyl (C=O) groups excluding carboxylic acids is 1. The van der Waals surface area contributed by atoms with Crippen molar-refractivity contribution in [3.63, 3.8) is 0 Å². The van der Waals surface area contributed by atoms with Gasteiger partial charge < -0.3 is 14.2 Å². The number of nitriles is 1. The van der Waals surface area contributed by atoms with Gasteiger partial charge in [-0.15, -0.1) is 0 Å². The number of fused-ring (bicyclic) bond motifs is 8. The van der Waals surface area contributed by atoms with Crippen LogP contribution in [0, 0.1) is 11.3 Å². The van der Waals surface area contributed by atoms with Crippen LogP contribution in [0.5, 0.6) is 11.5 Å². The minimum absolute atomic E-state index is 0.0161. The summed E-state index contributed by atoms with van der Waals surface area (Å²) in [6.45, 7) is 0.432. The topological polar surface area (TPSA) is 117 Å². The lowest BCUT2D eigenvalue weighted by Crippen LogP contribution is -2.42. The highest BCUT2D eigenvalue weighted by Gasteiger charge is 2.35. The van der Waals surface area contributed by atoms with E-state index in [0.29, 0.717) is 24.3 Å². The van der Waals surface area contributed by atoms with E-state index in [-0.39, 0.29) is 29.5 Å². The molecule has 1 atom stereocenters. The fourth-order valence-corrected chi connectivity index (χ4v) is 5.44. The standard InChI is InChI=1S/C23H21N5O4S/c1-27-14-25-19-8-10-28-21(29)7-9-26-33(30,31)18-4-2-3-17(12-18)32-20-11-15(22(28)23(19)27)5-6-16(20)13-24/h2-6,11-12,14,22,26H,7-10H2,1H3. The van der Waals surface area contributed by atoms with E-state index in [1.54, 1.807) is 35.5 Å². The number of benzene rings is 2. The zero-order valence-corrected chi connectivity index (χ0v) is 18.7. The quantitative estimate of drug-likeness (QED) is 0.546. The van der Waals surface area contributed by atoms with Crippen LogP contribution in [-0.4, -0.2) is 41.9 Å². The van der Waals surface area contributed by atoms with Crippen LogP contribution >= 0.6 is 0 Å². The summed E-state index contributed by atoms with van der Waals surface area (Å²) in [7, 11) is -1.95. The molecule has 1 unspecified atom stereocenters. The van der Waals surface area contributed by atoms with Gasteiger partial charge in [-0.25, -0.2) is 18.1 Å². The van der Waals surface area contributed by atoms with Gasteiger partial charge in [-0.3, -0.25) is 4.79 Å². The zero-order valence-electron chi connectivity index (χ0n) is 17.9. The third kappa shape index (κ3) is 3.75. The molecule has 0 saturated carbocycles. The number of nitrogens with one attached hydrogen (secondary N) is 1. The maximum absolute atomic E-state index is 13.2. The van der Waals surface area contributed by atoms with Gasteiger partial charge >= 0.3 is 0 Å². The summed E-state index contributed by atoms with van der Waals surface area (Å²) in [6.07, 6.45) is 2.35.